The maximum atomic E-state index is 5.56. The molecule has 1 heterocycles. The van der Waals surface area contributed by atoms with Crippen LogP contribution in [0.4, 0.5) is 0 Å². The molecule has 0 saturated carbocycles. The zero-order chi connectivity index (χ0) is 12.8. The van der Waals surface area contributed by atoms with E-state index in [0.29, 0.717) is 5.92 Å². The Morgan fingerprint density at radius 3 is 2.41 bits per heavy atom. The van der Waals surface area contributed by atoms with Crippen LogP contribution in [0, 0.1) is 5.92 Å². The first kappa shape index (κ1) is 13.9. The third-order valence-electron chi connectivity index (χ3n) is 2.90. The molecule has 0 amide bonds. The van der Waals surface area contributed by atoms with Crippen LogP contribution < -0.4 is 10.1 Å². The summed E-state index contributed by atoms with van der Waals surface area (Å²) in [4.78, 5) is 4.18. The Balaban J connectivity index is 2.99. The lowest BCUT2D eigenvalue weighted by atomic mass is 9.94. The molecule has 1 N–H and O–H groups in total. The number of methoxy groups -OCH3 is 2. The Bertz CT molecular complexity index is 342. The average Bonchev–Trinajstić information content (AvgIpc) is 2.35. The molecule has 1 aromatic rings. The van der Waals surface area contributed by atoms with Gasteiger partial charge in [-0.3, -0.25) is 4.98 Å². The second-order valence-corrected chi connectivity index (χ2v) is 4.37. The lowest BCUT2D eigenvalue weighted by Crippen LogP contribution is -2.34. The highest BCUT2D eigenvalue weighted by Gasteiger charge is 2.25. The zero-order valence-corrected chi connectivity index (χ0v) is 11.2. The monoisotopic (exact) mass is 238 g/mol. The molecular weight excluding hydrogens is 216 g/mol. The average molecular weight is 238 g/mol. The minimum atomic E-state index is 0.105. The first-order valence-electron chi connectivity index (χ1n) is 5.83. The number of nitrogens with one attached hydrogen (secondary N) is 1. The van der Waals surface area contributed by atoms with E-state index in [0.717, 1.165) is 11.3 Å². The van der Waals surface area contributed by atoms with E-state index in [-0.39, 0.29) is 12.1 Å². The smallest absolute Gasteiger partial charge is 0.137 e. The molecule has 0 spiro atoms. The van der Waals surface area contributed by atoms with Crippen LogP contribution in [0.5, 0.6) is 5.75 Å². The van der Waals surface area contributed by atoms with Crippen molar-refractivity contribution in [2.24, 2.45) is 5.92 Å². The topological polar surface area (TPSA) is 43.4 Å². The Morgan fingerprint density at radius 1 is 1.24 bits per heavy atom. The van der Waals surface area contributed by atoms with Gasteiger partial charge >= 0.3 is 0 Å². The number of aromatic nitrogens is 1. The van der Waals surface area contributed by atoms with E-state index >= 15 is 0 Å². The van der Waals surface area contributed by atoms with Crippen LogP contribution >= 0.6 is 0 Å². The van der Waals surface area contributed by atoms with E-state index in [9.17, 15) is 0 Å². The number of hydrogen-bond donors (Lipinski definition) is 1. The SMILES string of the molecule is CNC(c1cncc(OC)c1)C(OC)C(C)C. The van der Waals surface area contributed by atoms with Crippen LogP contribution in [0.3, 0.4) is 0 Å². The number of pyridine rings is 1. The van der Waals surface area contributed by atoms with Crippen molar-refractivity contribution >= 4 is 0 Å². The maximum Gasteiger partial charge on any atom is 0.137 e. The predicted octanol–water partition coefficient (Wildman–Crippen LogP) is 2.02. The van der Waals surface area contributed by atoms with Crippen molar-refractivity contribution in [1.29, 1.82) is 0 Å². The van der Waals surface area contributed by atoms with Crippen LogP contribution in [-0.4, -0.2) is 32.4 Å². The van der Waals surface area contributed by atoms with Crippen molar-refractivity contribution in [2.45, 2.75) is 26.0 Å². The van der Waals surface area contributed by atoms with Gasteiger partial charge in [0, 0.05) is 13.3 Å². The number of hydrogen-bond acceptors (Lipinski definition) is 4. The van der Waals surface area contributed by atoms with E-state index in [1.165, 1.54) is 0 Å². The first-order valence-corrected chi connectivity index (χ1v) is 5.83. The van der Waals surface area contributed by atoms with Gasteiger partial charge in [0.25, 0.3) is 0 Å². The van der Waals surface area contributed by atoms with Crippen molar-refractivity contribution in [3.8, 4) is 5.75 Å². The molecule has 0 aliphatic heterocycles. The van der Waals surface area contributed by atoms with Crippen LogP contribution in [-0.2, 0) is 4.74 Å². The summed E-state index contributed by atoms with van der Waals surface area (Å²) in [6.07, 6.45) is 3.65. The van der Waals surface area contributed by atoms with Crippen molar-refractivity contribution in [3.63, 3.8) is 0 Å². The minimum absolute atomic E-state index is 0.105. The van der Waals surface area contributed by atoms with Gasteiger partial charge < -0.3 is 14.8 Å². The molecule has 0 radical (unpaired) electrons. The number of ether oxygens (including phenoxy) is 2. The summed E-state index contributed by atoms with van der Waals surface area (Å²) < 4.78 is 10.8. The fraction of sp³-hybridized carbons (Fsp3) is 0.615. The molecule has 2 atom stereocenters. The lowest BCUT2D eigenvalue weighted by Gasteiger charge is -2.29. The van der Waals surface area contributed by atoms with Crippen LogP contribution in [0.25, 0.3) is 0 Å². The largest absolute Gasteiger partial charge is 0.495 e. The molecule has 0 bridgehead atoms. The van der Waals surface area contributed by atoms with Gasteiger partial charge in [-0.05, 0) is 24.6 Å². The molecule has 96 valence electrons. The van der Waals surface area contributed by atoms with E-state index in [2.05, 4.69) is 24.1 Å². The molecule has 1 rings (SSSR count). The molecule has 4 heteroatoms. The third kappa shape index (κ3) is 3.41. The van der Waals surface area contributed by atoms with Crippen molar-refractivity contribution < 1.29 is 9.47 Å². The molecule has 17 heavy (non-hydrogen) atoms. The quantitative estimate of drug-likeness (QED) is 0.823. The van der Waals surface area contributed by atoms with Gasteiger partial charge in [0.1, 0.15) is 5.75 Å². The molecular formula is C13H22N2O2. The standard InChI is InChI=1S/C13H22N2O2/c1-9(2)13(17-5)12(14-3)10-6-11(16-4)8-15-7-10/h6-9,12-14H,1-5H3. The summed E-state index contributed by atoms with van der Waals surface area (Å²) in [6, 6.07) is 2.10. The molecule has 0 aliphatic rings. The number of rotatable bonds is 6. The van der Waals surface area contributed by atoms with E-state index < -0.39 is 0 Å². The number of nitrogens with zero attached hydrogens (tertiary/aromatic N) is 1. The van der Waals surface area contributed by atoms with Gasteiger partial charge in [-0.2, -0.15) is 0 Å². The highest BCUT2D eigenvalue weighted by atomic mass is 16.5. The third-order valence-corrected chi connectivity index (χ3v) is 2.90. The fourth-order valence-electron chi connectivity index (χ4n) is 2.03. The fourth-order valence-corrected chi connectivity index (χ4v) is 2.03. The summed E-state index contributed by atoms with van der Waals surface area (Å²) >= 11 is 0. The minimum Gasteiger partial charge on any atom is -0.495 e. The number of likely N-dealkylation sites (N-methyl/N-ethyl adjacent to an activating group) is 1. The Kier molecular flexibility index (Phi) is 5.38. The summed E-state index contributed by atoms with van der Waals surface area (Å²) in [5.74, 6) is 1.19. The first-order chi connectivity index (χ1) is 8.13. The molecule has 4 nitrogen and oxygen atoms in total. The summed E-state index contributed by atoms with van der Waals surface area (Å²) in [7, 11) is 5.31. The highest BCUT2D eigenvalue weighted by molar-refractivity contribution is 5.26. The zero-order valence-electron chi connectivity index (χ0n) is 11.2. The normalized spacial score (nSPS) is 14.7. The van der Waals surface area contributed by atoms with Crippen LogP contribution in [0.15, 0.2) is 18.5 Å². The van der Waals surface area contributed by atoms with Gasteiger partial charge in [0.2, 0.25) is 0 Å². The predicted molar refractivity (Wildman–Crippen MR) is 68.2 cm³/mol. The Labute approximate surface area is 103 Å². The van der Waals surface area contributed by atoms with Crippen LogP contribution in [0.1, 0.15) is 25.5 Å². The van der Waals surface area contributed by atoms with Crippen LogP contribution in [0.2, 0.25) is 0 Å². The molecule has 0 fully saturated rings. The Hall–Kier alpha value is -1.13. The van der Waals surface area contributed by atoms with Gasteiger partial charge in [-0.1, -0.05) is 13.8 Å². The molecule has 2 unspecified atom stereocenters. The van der Waals surface area contributed by atoms with Crippen molar-refractivity contribution in [1.82, 2.24) is 10.3 Å². The highest BCUT2D eigenvalue weighted by Crippen LogP contribution is 2.25. The molecule has 0 aliphatic carbocycles. The summed E-state index contributed by atoms with van der Waals surface area (Å²) in [5, 5.41) is 3.28. The maximum absolute atomic E-state index is 5.56. The van der Waals surface area contributed by atoms with Gasteiger partial charge in [0.15, 0.2) is 0 Å². The molecule has 0 saturated heterocycles. The summed E-state index contributed by atoms with van der Waals surface area (Å²) in [5.41, 5.74) is 1.08. The van der Waals surface area contributed by atoms with E-state index in [1.807, 2.05) is 19.3 Å². The molecule has 0 aromatic carbocycles. The van der Waals surface area contributed by atoms with E-state index in [4.69, 9.17) is 9.47 Å². The van der Waals surface area contributed by atoms with Gasteiger partial charge in [-0.15, -0.1) is 0 Å². The van der Waals surface area contributed by atoms with Crippen molar-refractivity contribution in [3.05, 3.63) is 24.0 Å². The summed E-state index contributed by atoms with van der Waals surface area (Å²) in [6.45, 7) is 4.29. The second kappa shape index (κ2) is 6.57. The Morgan fingerprint density at radius 2 is 1.94 bits per heavy atom. The van der Waals surface area contributed by atoms with Gasteiger partial charge in [0.05, 0.1) is 25.5 Å². The lowest BCUT2D eigenvalue weighted by molar-refractivity contribution is 0.0347. The second-order valence-electron chi connectivity index (χ2n) is 4.37. The van der Waals surface area contributed by atoms with Crippen molar-refractivity contribution in [2.75, 3.05) is 21.3 Å². The molecule has 1 aromatic heterocycles. The van der Waals surface area contributed by atoms with E-state index in [1.54, 1.807) is 20.4 Å². The van der Waals surface area contributed by atoms with Gasteiger partial charge in [-0.25, -0.2) is 0 Å².